The minimum atomic E-state index is -0.229. The Labute approximate surface area is 230 Å². The molecule has 0 unspecified atom stereocenters. The summed E-state index contributed by atoms with van der Waals surface area (Å²) in [4.78, 5) is 0. The molecule has 0 nitrogen and oxygen atoms in total. The Kier molecular flexibility index (Phi) is 11.1. The molecule has 0 bridgehead atoms. The maximum absolute atomic E-state index is 15.1. The van der Waals surface area contributed by atoms with Gasteiger partial charge in [0.05, 0.1) is 5.56 Å². The van der Waals surface area contributed by atoms with Crippen molar-refractivity contribution in [2.75, 3.05) is 0 Å². The van der Waals surface area contributed by atoms with Gasteiger partial charge in [0.2, 0.25) is 0 Å². The van der Waals surface area contributed by atoms with E-state index in [0.29, 0.717) is 10.9 Å². The maximum Gasteiger partial charge on any atom is 0.146 e. The molecule has 3 aromatic rings. The molecule has 4 rings (SSSR count). The fraction of sp³-hybridized carbons (Fsp3) is 0.459. The van der Waals surface area contributed by atoms with E-state index in [-0.39, 0.29) is 5.82 Å². The molecule has 1 aliphatic rings. The predicted molar refractivity (Wildman–Crippen MR) is 162 cm³/mol. The number of halogens is 1. The monoisotopic (exact) mass is 508 g/mol. The smallest absolute Gasteiger partial charge is 0.146 e. The topological polar surface area (TPSA) is 0 Å². The lowest BCUT2D eigenvalue weighted by atomic mass is 9.77. The highest BCUT2D eigenvalue weighted by Gasteiger charge is 2.20. The van der Waals surface area contributed by atoms with Crippen LogP contribution in [0.15, 0.2) is 67.3 Å². The summed E-state index contributed by atoms with van der Waals surface area (Å²) in [7, 11) is 0. The van der Waals surface area contributed by atoms with E-state index >= 15 is 4.39 Å². The van der Waals surface area contributed by atoms with Crippen molar-refractivity contribution in [2.24, 2.45) is 11.8 Å². The Morgan fingerprint density at radius 1 is 0.789 bits per heavy atom. The number of aryl methyl sites for hydroxylation is 2. The zero-order valence-electron chi connectivity index (χ0n) is 23.4. The van der Waals surface area contributed by atoms with E-state index < -0.39 is 0 Å². The molecule has 1 aliphatic carbocycles. The molecule has 3 aromatic carbocycles. The summed E-state index contributed by atoms with van der Waals surface area (Å²) in [6, 6.07) is 18.3. The fourth-order valence-electron chi connectivity index (χ4n) is 5.97. The summed E-state index contributed by atoms with van der Waals surface area (Å²) in [6.07, 6.45) is 20.4. The van der Waals surface area contributed by atoms with Gasteiger partial charge < -0.3 is 0 Å². The first-order valence-electron chi connectivity index (χ1n) is 15.1. The van der Waals surface area contributed by atoms with Gasteiger partial charge in [-0.15, -0.1) is 6.58 Å². The summed E-state index contributed by atoms with van der Waals surface area (Å²) < 4.78 is 15.1. The van der Waals surface area contributed by atoms with E-state index in [4.69, 9.17) is 0 Å². The molecule has 0 aliphatic heterocycles. The fourth-order valence-corrected chi connectivity index (χ4v) is 5.97. The van der Waals surface area contributed by atoms with Gasteiger partial charge in [-0.3, -0.25) is 0 Å². The number of unbranched alkanes of at least 4 members (excludes halogenated alkanes) is 4. The number of fused-ring (bicyclic) bond motifs is 1. The lowest BCUT2D eigenvalue weighted by Crippen LogP contribution is -2.15. The highest BCUT2D eigenvalue weighted by molar-refractivity contribution is 5.85. The zero-order chi connectivity index (χ0) is 26.6. The molecule has 0 amide bonds. The molecule has 1 fully saturated rings. The molecule has 0 radical (unpaired) electrons. The van der Waals surface area contributed by atoms with Crippen molar-refractivity contribution in [3.8, 4) is 11.8 Å². The molecule has 1 saturated carbocycles. The molecule has 0 heterocycles. The number of hydrogen-bond acceptors (Lipinski definition) is 0. The molecular formula is C37H45F. The van der Waals surface area contributed by atoms with Crippen molar-refractivity contribution in [1.82, 2.24) is 0 Å². The van der Waals surface area contributed by atoms with Gasteiger partial charge in [0, 0.05) is 10.9 Å². The average molecular weight is 509 g/mol. The maximum atomic E-state index is 15.1. The highest BCUT2D eigenvalue weighted by atomic mass is 19.1. The van der Waals surface area contributed by atoms with Crippen LogP contribution in [0.5, 0.6) is 0 Å². The third-order valence-corrected chi connectivity index (χ3v) is 8.47. The number of hydrogen-bond donors (Lipinski definition) is 0. The SMILES string of the molecule is C=CCCc1ccc2c(F)c(C#Cc3ccc(CCC4CCC(CCCCCCC)CC4)cc3)ccc2c1. The van der Waals surface area contributed by atoms with Gasteiger partial charge in [-0.25, -0.2) is 4.39 Å². The molecule has 200 valence electrons. The first kappa shape index (κ1) is 28.2. The Hall–Kier alpha value is -2.85. The standard InChI is InChI=1S/C37H45F/c1-3-5-7-8-9-11-29-12-14-30(15-13-29)16-17-31-18-20-32(21-19-31)22-24-34-25-26-35-28-33(10-6-4-2)23-27-36(35)37(34)38/h4,18-21,23,25-30H,2-3,5-17H2,1H3. The van der Waals surface area contributed by atoms with E-state index in [1.807, 2.05) is 24.3 Å². The van der Waals surface area contributed by atoms with Crippen LogP contribution >= 0.6 is 0 Å². The van der Waals surface area contributed by atoms with Crippen molar-refractivity contribution < 1.29 is 4.39 Å². The van der Waals surface area contributed by atoms with Crippen molar-refractivity contribution in [2.45, 2.75) is 96.8 Å². The summed E-state index contributed by atoms with van der Waals surface area (Å²) in [5.41, 5.74) is 3.98. The number of rotatable bonds is 12. The van der Waals surface area contributed by atoms with Crippen LogP contribution in [-0.2, 0) is 12.8 Å². The van der Waals surface area contributed by atoms with Crippen LogP contribution in [0.4, 0.5) is 4.39 Å². The van der Waals surface area contributed by atoms with Gasteiger partial charge in [-0.05, 0) is 72.2 Å². The van der Waals surface area contributed by atoms with Crippen LogP contribution in [0, 0.1) is 29.5 Å². The van der Waals surface area contributed by atoms with Crippen molar-refractivity contribution >= 4 is 10.8 Å². The molecule has 0 N–H and O–H groups in total. The van der Waals surface area contributed by atoms with Crippen molar-refractivity contribution in [3.63, 3.8) is 0 Å². The third-order valence-electron chi connectivity index (χ3n) is 8.47. The van der Waals surface area contributed by atoms with Gasteiger partial charge in [-0.2, -0.15) is 0 Å². The van der Waals surface area contributed by atoms with E-state index in [1.54, 1.807) is 6.07 Å². The molecule has 0 aromatic heterocycles. The van der Waals surface area contributed by atoms with Crippen LogP contribution in [-0.4, -0.2) is 0 Å². The minimum Gasteiger partial charge on any atom is -0.205 e. The highest BCUT2D eigenvalue weighted by Crippen LogP contribution is 2.34. The predicted octanol–water partition coefficient (Wildman–Crippen LogP) is 10.6. The molecule has 38 heavy (non-hydrogen) atoms. The second-order valence-electron chi connectivity index (χ2n) is 11.4. The molecule has 1 heteroatoms. The lowest BCUT2D eigenvalue weighted by Gasteiger charge is -2.28. The van der Waals surface area contributed by atoms with Gasteiger partial charge in [-0.1, -0.05) is 125 Å². The molecular weight excluding hydrogens is 463 g/mol. The van der Waals surface area contributed by atoms with Gasteiger partial charge in [0.1, 0.15) is 5.82 Å². The summed E-state index contributed by atoms with van der Waals surface area (Å²) in [5, 5.41) is 1.56. The van der Waals surface area contributed by atoms with E-state index in [0.717, 1.165) is 42.0 Å². The van der Waals surface area contributed by atoms with Crippen LogP contribution in [0.1, 0.15) is 106 Å². The largest absolute Gasteiger partial charge is 0.205 e. The minimum absolute atomic E-state index is 0.229. The van der Waals surface area contributed by atoms with Crippen molar-refractivity contribution in [3.05, 3.63) is 95.3 Å². The Morgan fingerprint density at radius 3 is 2.24 bits per heavy atom. The number of allylic oxidation sites excluding steroid dienone is 1. The van der Waals surface area contributed by atoms with Crippen LogP contribution in [0.2, 0.25) is 0 Å². The van der Waals surface area contributed by atoms with Crippen LogP contribution < -0.4 is 0 Å². The summed E-state index contributed by atoms with van der Waals surface area (Å²) >= 11 is 0. The van der Waals surface area contributed by atoms with E-state index in [2.05, 4.69) is 55.7 Å². The van der Waals surface area contributed by atoms with Gasteiger partial charge in [0.15, 0.2) is 0 Å². The molecule has 0 atom stereocenters. The average Bonchev–Trinajstić information content (AvgIpc) is 2.95. The van der Waals surface area contributed by atoms with Crippen LogP contribution in [0.25, 0.3) is 10.8 Å². The third kappa shape index (κ3) is 8.33. The summed E-state index contributed by atoms with van der Waals surface area (Å²) in [6.45, 7) is 6.07. The Morgan fingerprint density at radius 2 is 1.50 bits per heavy atom. The quantitative estimate of drug-likeness (QED) is 0.130. The first-order valence-corrected chi connectivity index (χ1v) is 15.1. The normalized spacial score (nSPS) is 17.2. The first-order chi connectivity index (χ1) is 18.7. The molecule has 0 spiro atoms. The zero-order valence-corrected chi connectivity index (χ0v) is 23.4. The van der Waals surface area contributed by atoms with Gasteiger partial charge in [0.25, 0.3) is 0 Å². The second kappa shape index (κ2) is 14.9. The summed E-state index contributed by atoms with van der Waals surface area (Å²) in [5.74, 6) is 7.88. The number of benzene rings is 3. The second-order valence-corrected chi connectivity index (χ2v) is 11.4. The lowest BCUT2D eigenvalue weighted by molar-refractivity contribution is 0.248. The molecule has 0 saturated heterocycles. The van der Waals surface area contributed by atoms with E-state index in [1.165, 1.54) is 81.8 Å². The van der Waals surface area contributed by atoms with Gasteiger partial charge >= 0.3 is 0 Å². The Bertz CT molecular complexity index is 1220. The van der Waals surface area contributed by atoms with E-state index in [9.17, 15) is 0 Å². The van der Waals surface area contributed by atoms with Crippen LogP contribution in [0.3, 0.4) is 0 Å². The van der Waals surface area contributed by atoms with Crippen molar-refractivity contribution in [1.29, 1.82) is 0 Å². The Balaban J connectivity index is 1.25.